The fourth-order valence-electron chi connectivity index (χ4n) is 1.48. The molecule has 0 fully saturated rings. The van der Waals surface area contributed by atoms with E-state index in [2.05, 4.69) is 5.32 Å². The summed E-state index contributed by atoms with van der Waals surface area (Å²) in [4.78, 5) is 13.5. The van der Waals surface area contributed by atoms with Gasteiger partial charge in [-0.05, 0) is 30.7 Å². The van der Waals surface area contributed by atoms with Gasteiger partial charge in [0.15, 0.2) is 0 Å². The summed E-state index contributed by atoms with van der Waals surface area (Å²) in [6.07, 6.45) is 0. The topological polar surface area (TPSA) is 55.1 Å². The van der Waals surface area contributed by atoms with Gasteiger partial charge in [0.05, 0.1) is 4.88 Å². The molecule has 0 unspecified atom stereocenters. The number of rotatable bonds is 3. The first-order valence-electron chi connectivity index (χ1n) is 5.45. The van der Waals surface area contributed by atoms with E-state index in [0.29, 0.717) is 22.1 Å². The Labute approximate surface area is 115 Å². The molecular weight excluding hydrogens is 268 g/mol. The van der Waals surface area contributed by atoms with Gasteiger partial charge in [-0.1, -0.05) is 23.7 Å². The van der Waals surface area contributed by atoms with E-state index in [1.54, 1.807) is 18.2 Å². The first kappa shape index (κ1) is 12.9. The molecule has 0 atom stereocenters. The molecule has 3 nitrogen and oxygen atoms in total. The van der Waals surface area contributed by atoms with Gasteiger partial charge >= 0.3 is 0 Å². The lowest BCUT2D eigenvalue weighted by Crippen LogP contribution is -2.21. The summed E-state index contributed by atoms with van der Waals surface area (Å²) < 4.78 is 0. The number of anilines is 1. The van der Waals surface area contributed by atoms with Crippen LogP contribution in [0.3, 0.4) is 0 Å². The number of amides is 1. The van der Waals surface area contributed by atoms with Crippen LogP contribution in [0, 0.1) is 6.92 Å². The number of thiophene rings is 1. The van der Waals surface area contributed by atoms with Crippen molar-refractivity contribution in [1.29, 1.82) is 0 Å². The minimum Gasteiger partial charge on any atom is -0.398 e. The van der Waals surface area contributed by atoms with Crippen LogP contribution < -0.4 is 11.1 Å². The zero-order valence-electron chi connectivity index (χ0n) is 9.87. The first-order valence-corrected chi connectivity index (χ1v) is 6.64. The average Bonchev–Trinajstić information content (AvgIpc) is 2.69. The van der Waals surface area contributed by atoms with Crippen LogP contribution in [-0.2, 0) is 6.54 Å². The number of carbonyl (C=O) groups is 1. The second-order valence-electron chi connectivity index (χ2n) is 3.93. The van der Waals surface area contributed by atoms with Gasteiger partial charge in [-0.15, -0.1) is 11.3 Å². The van der Waals surface area contributed by atoms with Gasteiger partial charge in [-0.2, -0.15) is 0 Å². The van der Waals surface area contributed by atoms with Crippen LogP contribution in [0.1, 0.15) is 20.1 Å². The maximum Gasteiger partial charge on any atom is 0.261 e. The quantitative estimate of drug-likeness (QED) is 0.907. The van der Waals surface area contributed by atoms with Crippen molar-refractivity contribution in [3.8, 4) is 0 Å². The molecule has 0 aliphatic heterocycles. The Hall–Kier alpha value is -1.52. The standard InChI is InChI=1S/C13H13ClN2OS/c1-8-11(15)6-12(18-8)13(17)16-7-9-2-4-10(14)5-3-9/h2-6H,7,15H2,1H3,(H,16,17). The molecule has 1 aromatic carbocycles. The molecule has 0 radical (unpaired) electrons. The zero-order valence-corrected chi connectivity index (χ0v) is 11.4. The minimum absolute atomic E-state index is 0.102. The number of nitrogens with one attached hydrogen (secondary N) is 1. The number of aryl methyl sites for hydroxylation is 1. The number of halogens is 1. The number of nitrogen functional groups attached to an aromatic ring is 1. The van der Waals surface area contributed by atoms with Crippen molar-refractivity contribution in [3.63, 3.8) is 0 Å². The number of hydrogen-bond acceptors (Lipinski definition) is 3. The summed E-state index contributed by atoms with van der Waals surface area (Å²) in [5.41, 5.74) is 7.39. The lowest BCUT2D eigenvalue weighted by Gasteiger charge is -2.03. The van der Waals surface area contributed by atoms with Crippen molar-refractivity contribution < 1.29 is 4.79 Å². The summed E-state index contributed by atoms with van der Waals surface area (Å²) in [5, 5.41) is 3.53. The molecule has 5 heteroatoms. The van der Waals surface area contributed by atoms with Gasteiger partial charge < -0.3 is 11.1 Å². The number of carbonyl (C=O) groups excluding carboxylic acids is 1. The van der Waals surface area contributed by atoms with E-state index in [1.165, 1.54) is 11.3 Å². The molecule has 0 bridgehead atoms. The third kappa shape index (κ3) is 3.03. The molecule has 2 aromatic rings. The van der Waals surface area contributed by atoms with Crippen LogP contribution in [-0.4, -0.2) is 5.91 Å². The fourth-order valence-corrected chi connectivity index (χ4v) is 2.46. The summed E-state index contributed by atoms with van der Waals surface area (Å²) in [5.74, 6) is -0.102. The zero-order chi connectivity index (χ0) is 13.1. The Morgan fingerprint density at radius 3 is 2.61 bits per heavy atom. The third-order valence-electron chi connectivity index (χ3n) is 2.55. The fraction of sp³-hybridized carbons (Fsp3) is 0.154. The highest BCUT2D eigenvalue weighted by atomic mass is 35.5. The highest BCUT2D eigenvalue weighted by Crippen LogP contribution is 2.23. The maximum absolute atomic E-state index is 11.9. The Balaban J connectivity index is 1.98. The van der Waals surface area contributed by atoms with E-state index in [1.807, 2.05) is 19.1 Å². The SMILES string of the molecule is Cc1sc(C(=O)NCc2ccc(Cl)cc2)cc1N. The van der Waals surface area contributed by atoms with E-state index in [4.69, 9.17) is 17.3 Å². The lowest BCUT2D eigenvalue weighted by atomic mass is 10.2. The molecule has 1 aromatic heterocycles. The van der Waals surface area contributed by atoms with Crippen molar-refractivity contribution in [2.45, 2.75) is 13.5 Å². The molecular formula is C13H13ClN2OS. The van der Waals surface area contributed by atoms with Crippen LogP contribution in [0.2, 0.25) is 5.02 Å². The predicted octanol–water partition coefficient (Wildman–Crippen LogP) is 3.22. The summed E-state index contributed by atoms with van der Waals surface area (Å²) in [7, 11) is 0. The Bertz CT molecular complexity index is 543. The summed E-state index contributed by atoms with van der Waals surface area (Å²) >= 11 is 7.19. The van der Waals surface area contributed by atoms with Crippen molar-refractivity contribution >= 4 is 34.5 Å². The van der Waals surface area contributed by atoms with Gasteiger partial charge in [-0.25, -0.2) is 0 Å². The maximum atomic E-state index is 11.9. The molecule has 18 heavy (non-hydrogen) atoms. The van der Waals surface area contributed by atoms with Crippen LogP contribution >= 0.6 is 22.9 Å². The average molecular weight is 281 g/mol. The van der Waals surface area contributed by atoms with Crippen LogP contribution in [0.5, 0.6) is 0 Å². The molecule has 0 saturated carbocycles. The predicted molar refractivity (Wildman–Crippen MR) is 76.1 cm³/mol. The molecule has 1 amide bonds. The van der Waals surface area contributed by atoms with Crippen molar-refractivity contribution in [2.75, 3.05) is 5.73 Å². The lowest BCUT2D eigenvalue weighted by molar-refractivity contribution is 0.0955. The van der Waals surface area contributed by atoms with E-state index in [0.717, 1.165) is 10.4 Å². The van der Waals surface area contributed by atoms with Gasteiger partial charge in [0.25, 0.3) is 5.91 Å². The first-order chi connectivity index (χ1) is 8.56. The van der Waals surface area contributed by atoms with Crippen LogP contribution in [0.25, 0.3) is 0 Å². The summed E-state index contributed by atoms with van der Waals surface area (Å²) in [6, 6.07) is 9.08. The van der Waals surface area contributed by atoms with Crippen molar-refractivity contribution in [2.24, 2.45) is 0 Å². The molecule has 1 heterocycles. The summed E-state index contributed by atoms with van der Waals surface area (Å²) in [6.45, 7) is 2.38. The molecule has 94 valence electrons. The monoisotopic (exact) mass is 280 g/mol. The molecule has 0 aliphatic carbocycles. The molecule has 0 aliphatic rings. The molecule has 3 N–H and O–H groups in total. The second-order valence-corrected chi connectivity index (χ2v) is 5.62. The Morgan fingerprint density at radius 2 is 2.06 bits per heavy atom. The number of hydrogen-bond donors (Lipinski definition) is 2. The van der Waals surface area contributed by atoms with E-state index in [9.17, 15) is 4.79 Å². The number of nitrogens with two attached hydrogens (primary N) is 1. The molecule has 0 saturated heterocycles. The minimum atomic E-state index is -0.102. The highest BCUT2D eigenvalue weighted by molar-refractivity contribution is 7.14. The highest BCUT2D eigenvalue weighted by Gasteiger charge is 2.10. The molecule has 0 spiro atoms. The smallest absolute Gasteiger partial charge is 0.261 e. The second kappa shape index (κ2) is 5.42. The largest absolute Gasteiger partial charge is 0.398 e. The van der Waals surface area contributed by atoms with Gasteiger partial charge in [0, 0.05) is 22.1 Å². The normalized spacial score (nSPS) is 10.3. The van der Waals surface area contributed by atoms with E-state index < -0.39 is 0 Å². The third-order valence-corrected chi connectivity index (χ3v) is 3.86. The van der Waals surface area contributed by atoms with E-state index >= 15 is 0 Å². The van der Waals surface area contributed by atoms with Crippen LogP contribution in [0.15, 0.2) is 30.3 Å². The van der Waals surface area contributed by atoms with Crippen molar-refractivity contribution in [1.82, 2.24) is 5.32 Å². The van der Waals surface area contributed by atoms with Gasteiger partial charge in [-0.3, -0.25) is 4.79 Å². The molecule has 2 rings (SSSR count). The van der Waals surface area contributed by atoms with Gasteiger partial charge in [0.2, 0.25) is 0 Å². The Morgan fingerprint density at radius 1 is 1.39 bits per heavy atom. The van der Waals surface area contributed by atoms with E-state index in [-0.39, 0.29) is 5.91 Å². The van der Waals surface area contributed by atoms with Gasteiger partial charge in [0.1, 0.15) is 0 Å². The van der Waals surface area contributed by atoms with Crippen molar-refractivity contribution in [3.05, 3.63) is 50.7 Å². The van der Waals surface area contributed by atoms with Crippen LogP contribution in [0.4, 0.5) is 5.69 Å². The Kier molecular flexibility index (Phi) is 3.89. The number of benzene rings is 1.